The van der Waals surface area contributed by atoms with Crippen molar-refractivity contribution in [3.05, 3.63) is 34.4 Å². The van der Waals surface area contributed by atoms with Crippen LogP contribution in [0, 0.1) is 13.8 Å². The largest absolute Gasteiger partial charge is 0.373 e. The molecule has 9 nitrogen and oxygen atoms in total. The van der Waals surface area contributed by atoms with Crippen molar-refractivity contribution in [1.82, 2.24) is 29.5 Å². The molecule has 0 saturated carbocycles. The molecule has 1 aliphatic heterocycles. The number of ether oxygens (including phenoxy) is 1. The minimum Gasteiger partial charge on any atom is -0.373 e. The van der Waals surface area contributed by atoms with Crippen molar-refractivity contribution in [2.45, 2.75) is 52.9 Å². The van der Waals surface area contributed by atoms with Crippen LogP contribution >= 0.6 is 11.3 Å². The number of rotatable bonds is 5. The van der Waals surface area contributed by atoms with Gasteiger partial charge in [-0.2, -0.15) is 4.98 Å². The van der Waals surface area contributed by atoms with Gasteiger partial charge in [0, 0.05) is 36.4 Å². The normalized spacial score (nSPS) is 20.3. The van der Waals surface area contributed by atoms with Crippen molar-refractivity contribution in [2.24, 2.45) is 0 Å². The molecule has 4 rings (SSSR count). The van der Waals surface area contributed by atoms with Crippen molar-refractivity contribution in [2.75, 3.05) is 18.4 Å². The second-order valence-electron chi connectivity index (χ2n) is 7.60. The van der Waals surface area contributed by atoms with Crippen LogP contribution in [0.5, 0.6) is 0 Å². The topological polar surface area (TPSA) is 97.5 Å². The molecule has 0 aromatic carbocycles. The molecule has 0 aliphatic carbocycles. The summed E-state index contributed by atoms with van der Waals surface area (Å²) in [5.41, 5.74) is 2.76. The maximum absolute atomic E-state index is 12.4. The quantitative estimate of drug-likeness (QED) is 0.680. The number of carbonyl (C=O) groups is 1. The molecule has 0 bridgehead atoms. The molecule has 0 spiro atoms. The molecule has 154 valence electrons. The third-order valence-electron chi connectivity index (χ3n) is 4.66. The minimum absolute atomic E-state index is 0.0786. The number of carbonyl (C=O) groups excluding carboxylic acids is 1. The number of hydrogen-bond acceptors (Lipinski definition) is 8. The Morgan fingerprint density at radius 1 is 1.24 bits per heavy atom. The Balaban J connectivity index is 1.36. The van der Waals surface area contributed by atoms with Gasteiger partial charge < -0.3 is 10.1 Å². The van der Waals surface area contributed by atoms with Gasteiger partial charge in [-0.05, 0) is 33.8 Å². The summed E-state index contributed by atoms with van der Waals surface area (Å²) in [6.07, 6.45) is 0.516. The second kappa shape index (κ2) is 8.13. The summed E-state index contributed by atoms with van der Waals surface area (Å²) in [4.78, 5) is 28.0. The number of morpholine rings is 1. The van der Waals surface area contributed by atoms with Crippen LogP contribution in [-0.4, -0.2) is 60.7 Å². The van der Waals surface area contributed by atoms with Crippen molar-refractivity contribution in [1.29, 1.82) is 0 Å². The van der Waals surface area contributed by atoms with Gasteiger partial charge in [0.1, 0.15) is 0 Å². The van der Waals surface area contributed by atoms with E-state index in [9.17, 15) is 4.79 Å². The van der Waals surface area contributed by atoms with E-state index in [4.69, 9.17) is 4.74 Å². The zero-order chi connectivity index (χ0) is 20.5. The molecule has 3 aromatic rings. The fourth-order valence-corrected chi connectivity index (χ4v) is 4.39. The van der Waals surface area contributed by atoms with Gasteiger partial charge in [0.05, 0.1) is 24.3 Å². The molecule has 2 unspecified atom stereocenters. The van der Waals surface area contributed by atoms with Crippen molar-refractivity contribution >= 4 is 28.2 Å². The van der Waals surface area contributed by atoms with E-state index in [0.717, 1.165) is 36.7 Å². The lowest BCUT2D eigenvalue weighted by Gasteiger charge is -2.34. The highest BCUT2D eigenvalue weighted by Crippen LogP contribution is 2.19. The number of hydrogen-bond donors (Lipinski definition) is 1. The summed E-state index contributed by atoms with van der Waals surface area (Å²) in [5.74, 6) is 0.761. The van der Waals surface area contributed by atoms with Crippen molar-refractivity contribution in [3.8, 4) is 0 Å². The van der Waals surface area contributed by atoms with E-state index in [1.54, 1.807) is 4.52 Å². The minimum atomic E-state index is -0.190. The summed E-state index contributed by atoms with van der Waals surface area (Å²) in [7, 11) is 0. The third-order valence-corrected chi connectivity index (χ3v) is 5.47. The Hall–Kier alpha value is -2.43. The number of fused-ring (bicyclic) bond motifs is 1. The molecule has 3 aromatic heterocycles. The maximum Gasteiger partial charge on any atom is 0.252 e. The zero-order valence-corrected chi connectivity index (χ0v) is 17.9. The van der Waals surface area contributed by atoms with Gasteiger partial charge in [-0.1, -0.05) is 0 Å². The number of anilines is 1. The van der Waals surface area contributed by atoms with Gasteiger partial charge in [-0.3, -0.25) is 9.69 Å². The number of aryl methyl sites for hydroxylation is 2. The predicted molar refractivity (Wildman–Crippen MR) is 110 cm³/mol. The van der Waals surface area contributed by atoms with Crippen LogP contribution < -0.4 is 5.32 Å². The maximum atomic E-state index is 12.4. The first-order valence-corrected chi connectivity index (χ1v) is 10.6. The number of aromatic nitrogens is 5. The number of amides is 1. The summed E-state index contributed by atoms with van der Waals surface area (Å²) < 4.78 is 7.42. The van der Waals surface area contributed by atoms with Crippen LogP contribution in [0.4, 0.5) is 5.13 Å². The van der Waals surface area contributed by atoms with E-state index in [0.29, 0.717) is 16.7 Å². The molecule has 1 saturated heterocycles. The average Bonchev–Trinajstić information content (AvgIpc) is 3.20. The van der Waals surface area contributed by atoms with Crippen molar-refractivity contribution in [3.63, 3.8) is 0 Å². The lowest BCUT2D eigenvalue weighted by atomic mass is 10.2. The fourth-order valence-electron chi connectivity index (χ4n) is 3.67. The SMILES string of the molecule is Cc1cc(C)n2nc(CC(=O)Nc3nc(CN4CC(C)OC(C)C4)cs3)nc2n1. The Morgan fingerprint density at radius 3 is 2.76 bits per heavy atom. The van der Waals surface area contributed by atoms with Crippen LogP contribution in [0.1, 0.15) is 36.8 Å². The van der Waals surface area contributed by atoms with E-state index < -0.39 is 0 Å². The van der Waals surface area contributed by atoms with Crippen LogP contribution in [0.3, 0.4) is 0 Å². The molecule has 29 heavy (non-hydrogen) atoms. The van der Waals surface area contributed by atoms with Gasteiger partial charge in [0.2, 0.25) is 5.91 Å². The van der Waals surface area contributed by atoms with Gasteiger partial charge in [0.15, 0.2) is 11.0 Å². The summed E-state index contributed by atoms with van der Waals surface area (Å²) in [6.45, 7) is 10.5. The van der Waals surface area contributed by atoms with Crippen LogP contribution in [0.2, 0.25) is 0 Å². The molecule has 1 aliphatic rings. The molecule has 1 amide bonds. The number of thiazole rings is 1. The third kappa shape index (κ3) is 4.77. The smallest absolute Gasteiger partial charge is 0.252 e. The summed E-state index contributed by atoms with van der Waals surface area (Å²) in [5, 5.41) is 9.81. The second-order valence-corrected chi connectivity index (χ2v) is 8.46. The lowest BCUT2D eigenvalue weighted by Crippen LogP contribution is -2.44. The van der Waals surface area contributed by atoms with Gasteiger partial charge in [-0.15, -0.1) is 16.4 Å². The van der Waals surface area contributed by atoms with E-state index in [1.807, 2.05) is 25.3 Å². The zero-order valence-electron chi connectivity index (χ0n) is 17.0. The Bertz CT molecular complexity index is 1020. The molecule has 1 N–H and O–H groups in total. The predicted octanol–water partition coefficient (Wildman–Crippen LogP) is 1.99. The van der Waals surface area contributed by atoms with E-state index >= 15 is 0 Å². The highest BCUT2D eigenvalue weighted by Gasteiger charge is 2.23. The first kappa shape index (κ1) is 19.9. The highest BCUT2D eigenvalue weighted by atomic mass is 32.1. The molecule has 2 atom stereocenters. The summed E-state index contributed by atoms with van der Waals surface area (Å²) >= 11 is 1.43. The van der Waals surface area contributed by atoms with Crippen molar-refractivity contribution < 1.29 is 9.53 Å². The molecule has 1 fully saturated rings. The number of nitrogens with one attached hydrogen (secondary N) is 1. The van der Waals surface area contributed by atoms with Gasteiger partial charge in [0.25, 0.3) is 5.78 Å². The Kier molecular flexibility index (Phi) is 5.57. The van der Waals surface area contributed by atoms with Crippen LogP contribution in [0.25, 0.3) is 5.78 Å². The molecular weight excluding hydrogens is 390 g/mol. The van der Waals surface area contributed by atoms with Gasteiger partial charge in [-0.25, -0.2) is 14.5 Å². The molecule has 0 radical (unpaired) electrons. The standard InChI is InChI=1S/C19H25N7O2S/c1-11-5-12(2)26-18(20-11)22-16(24-26)6-17(27)23-19-21-15(10-29-19)9-25-7-13(3)28-14(4)8-25/h5,10,13-14H,6-9H2,1-4H3,(H,21,23,27). The molecule has 4 heterocycles. The van der Waals surface area contributed by atoms with Gasteiger partial charge >= 0.3 is 0 Å². The molecular formula is C19H25N7O2S. The first-order valence-electron chi connectivity index (χ1n) is 9.67. The van der Waals surface area contributed by atoms with E-state index in [2.05, 4.69) is 44.1 Å². The van der Waals surface area contributed by atoms with Crippen LogP contribution in [0.15, 0.2) is 11.4 Å². The first-order chi connectivity index (χ1) is 13.9. The Morgan fingerprint density at radius 2 is 2.00 bits per heavy atom. The average molecular weight is 416 g/mol. The fraction of sp³-hybridized carbons (Fsp3) is 0.526. The van der Waals surface area contributed by atoms with Crippen LogP contribution in [-0.2, 0) is 22.5 Å². The van der Waals surface area contributed by atoms with E-state index in [-0.39, 0.29) is 24.5 Å². The Labute approximate surface area is 173 Å². The number of nitrogens with zero attached hydrogens (tertiary/aromatic N) is 6. The summed E-state index contributed by atoms with van der Waals surface area (Å²) in [6, 6.07) is 1.93. The highest BCUT2D eigenvalue weighted by molar-refractivity contribution is 7.13. The lowest BCUT2D eigenvalue weighted by molar-refractivity contribution is -0.115. The molecule has 10 heteroatoms. The monoisotopic (exact) mass is 415 g/mol. The van der Waals surface area contributed by atoms with E-state index in [1.165, 1.54) is 11.3 Å².